The molecule has 0 radical (unpaired) electrons. The van der Waals surface area contributed by atoms with Crippen LogP contribution in [-0.2, 0) is 0 Å². The van der Waals surface area contributed by atoms with E-state index in [1.165, 1.54) is 15.9 Å². The SMILES string of the molecule is C=CCOc1ccc(/C=c2\sc3nc(/C=C/c4cccs4)nn3c2=O)cc1OC. The monoisotopic (exact) mass is 423 g/mol. The summed E-state index contributed by atoms with van der Waals surface area (Å²) < 4.78 is 12.8. The Morgan fingerprint density at radius 3 is 2.86 bits per heavy atom. The van der Waals surface area contributed by atoms with E-state index in [4.69, 9.17) is 9.47 Å². The van der Waals surface area contributed by atoms with Gasteiger partial charge in [0, 0.05) is 4.88 Å². The fraction of sp³-hybridized carbons (Fsp3) is 0.0952. The maximum absolute atomic E-state index is 12.7. The second kappa shape index (κ2) is 8.42. The Balaban J connectivity index is 1.65. The van der Waals surface area contributed by atoms with Crippen LogP contribution in [0.15, 0.2) is 53.2 Å². The zero-order valence-electron chi connectivity index (χ0n) is 15.6. The van der Waals surface area contributed by atoms with Crippen LogP contribution in [0.4, 0.5) is 0 Å². The highest BCUT2D eigenvalue weighted by molar-refractivity contribution is 7.15. The Bertz CT molecular complexity index is 1290. The average molecular weight is 424 g/mol. The van der Waals surface area contributed by atoms with Gasteiger partial charge in [0.25, 0.3) is 5.56 Å². The lowest BCUT2D eigenvalue weighted by atomic mass is 10.2. The van der Waals surface area contributed by atoms with Crippen molar-refractivity contribution in [2.24, 2.45) is 0 Å². The molecule has 29 heavy (non-hydrogen) atoms. The van der Waals surface area contributed by atoms with E-state index < -0.39 is 0 Å². The number of nitrogens with zero attached hydrogens (tertiary/aromatic N) is 3. The van der Waals surface area contributed by atoms with Gasteiger partial charge in [-0.15, -0.1) is 16.4 Å². The zero-order chi connectivity index (χ0) is 20.2. The molecule has 0 unspecified atom stereocenters. The predicted molar refractivity (Wildman–Crippen MR) is 118 cm³/mol. The average Bonchev–Trinajstić information content (AvgIpc) is 3.44. The summed E-state index contributed by atoms with van der Waals surface area (Å²) in [7, 11) is 1.58. The lowest BCUT2D eigenvalue weighted by Gasteiger charge is -2.09. The molecule has 146 valence electrons. The molecule has 0 N–H and O–H groups in total. The van der Waals surface area contributed by atoms with Gasteiger partial charge in [-0.05, 0) is 47.4 Å². The molecular weight excluding hydrogens is 406 g/mol. The van der Waals surface area contributed by atoms with Crippen LogP contribution in [0.2, 0.25) is 0 Å². The highest BCUT2D eigenvalue weighted by Crippen LogP contribution is 2.28. The summed E-state index contributed by atoms with van der Waals surface area (Å²) in [6.45, 7) is 4.03. The third kappa shape index (κ3) is 4.13. The quantitative estimate of drug-likeness (QED) is 0.426. The number of benzene rings is 1. The van der Waals surface area contributed by atoms with Gasteiger partial charge < -0.3 is 9.47 Å². The van der Waals surface area contributed by atoms with Gasteiger partial charge in [-0.3, -0.25) is 4.79 Å². The van der Waals surface area contributed by atoms with E-state index in [-0.39, 0.29) is 5.56 Å². The summed E-state index contributed by atoms with van der Waals surface area (Å²) in [6, 6.07) is 9.49. The standard InChI is InChI=1S/C21H17N3O3S2/c1-3-10-27-16-8-6-14(12-17(16)26-2)13-18-20(25)24-21(29-18)22-19(23-24)9-7-15-5-4-11-28-15/h3-9,11-13H,1,10H2,2H3/b9-7+,18-13-. The molecule has 0 fully saturated rings. The largest absolute Gasteiger partial charge is 0.493 e. The number of aromatic nitrogens is 3. The van der Waals surface area contributed by atoms with E-state index in [0.29, 0.717) is 33.4 Å². The first kappa shape index (κ1) is 19.1. The van der Waals surface area contributed by atoms with Crippen LogP contribution in [0, 0.1) is 0 Å². The first-order valence-corrected chi connectivity index (χ1v) is 10.4. The number of thiophene rings is 1. The number of hydrogen-bond donors (Lipinski definition) is 0. The third-order valence-electron chi connectivity index (χ3n) is 3.98. The molecule has 0 aliphatic carbocycles. The molecule has 3 heterocycles. The van der Waals surface area contributed by atoms with Gasteiger partial charge in [0.05, 0.1) is 11.6 Å². The lowest BCUT2D eigenvalue weighted by molar-refractivity contribution is 0.326. The molecule has 0 aliphatic rings. The van der Waals surface area contributed by atoms with Crippen molar-refractivity contribution in [3.05, 3.63) is 79.5 Å². The second-order valence-electron chi connectivity index (χ2n) is 5.94. The van der Waals surface area contributed by atoms with Gasteiger partial charge in [-0.1, -0.05) is 36.1 Å². The highest BCUT2D eigenvalue weighted by atomic mass is 32.1. The molecular formula is C21H17N3O3S2. The van der Waals surface area contributed by atoms with Gasteiger partial charge in [-0.25, -0.2) is 0 Å². The summed E-state index contributed by atoms with van der Waals surface area (Å²) in [5, 5.41) is 6.31. The summed E-state index contributed by atoms with van der Waals surface area (Å²) in [6.07, 6.45) is 7.21. The van der Waals surface area contributed by atoms with Gasteiger partial charge in [0.2, 0.25) is 4.96 Å². The first-order valence-electron chi connectivity index (χ1n) is 8.72. The fourth-order valence-electron chi connectivity index (χ4n) is 2.66. The molecule has 0 spiro atoms. The smallest absolute Gasteiger partial charge is 0.291 e. The topological polar surface area (TPSA) is 65.7 Å². The molecule has 3 aromatic heterocycles. The van der Waals surface area contributed by atoms with Crippen molar-refractivity contribution < 1.29 is 9.47 Å². The number of rotatable bonds is 7. The van der Waals surface area contributed by atoms with E-state index in [9.17, 15) is 4.79 Å². The van der Waals surface area contributed by atoms with E-state index in [1.807, 2.05) is 41.8 Å². The number of ether oxygens (including phenoxy) is 2. The van der Waals surface area contributed by atoms with Crippen molar-refractivity contribution in [1.82, 2.24) is 14.6 Å². The van der Waals surface area contributed by atoms with Crippen LogP contribution in [0.1, 0.15) is 16.3 Å². The molecule has 0 aliphatic heterocycles. The van der Waals surface area contributed by atoms with E-state index in [0.717, 1.165) is 10.4 Å². The van der Waals surface area contributed by atoms with Gasteiger partial charge in [0.15, 0.2) is 17.3 Å². The molecule has 1 aromatic carbocycles. The summed E-state index contributed by atoms with van der Waals surface area (Å²) in [4.78, 5) is 18.8. The van der Waals surface area contributed by atoms with Crippen molar-refractivity contribution >= 4 is 45.9 Å². The van der Waals surface area contributed by atoms with Gasteiger partial charge in [-0.2, -0.15) is 9.50 Å². The van der Waals surface area contributed by atoms with Gasteiger partial charge in [0.1, 0.15) is 6.61 Å². The molecule has 4 rings (SSSR count). The second-order valence-corrected chi connectivity index (χ2v) is 7.93. The summed E-state index contributed by atoms with van der Waals surface area (Å²) in [5.41, 5.74) is 0.631. The zero-order valence-corrected chi connectivity index (χ0v) is 17.2. The highest BCUT2D eigenvalue weighted by Gasteiger charge is 2.10. The number of hydrogen-bond acceptors (Lipinski definition) is 7. The Morgan fingerprint density at radius 2 is 2.14 bits per heavy atom. The van der Waals surface area contributed by atoms with Crippen LogP contribution in [-0.4, -0.2) is 28.3 Å². The molecule has 0 atom stereocenters. The van der Waals surface area contributed by atoms with Crippen LogP contribution < -0.4 is 19.6 Å². The van der Waals surface area contributed by atoms with E-state index in [1.54, 1.807) is 36.7 Å². The number of fused-ring (bicyclic) bond motifs is 1. The minimum Gasteiger partial charge on any atom is -0.493 e. The predicted octanol–water partition coefficient (Wildman–Crippen LogP) is 3.50. The van der Waals surface area contributed by atoms with Crippen LogP contribution in [0.3, 0.4) is 0 Å². The summed E-state index contributed by atoms with van der Waals surface area (Å²) >= 11 is 2.93. The summed E-state index contributed by atoms with van der Waals surface area (Å²) in [5.74, 6) is 1.73. The third-order valence-corrected chi connectivity index (χ3v) is 5.78. The molecule has 0 saturated carbocycles. The molecule has 4 aromatic rings. The minimum absolute atomic E-state index is 0.195. The molecule has 0 saturated heterocycles. The fourth-order valence-corrected chi connectivity index (χ4v) is 4.19. The Hall–Kier alpha value is -3.23. The maximum atomic E-state index is 12.7. The van der Waals surface area contributed by atoms with Crippen molar-refractivity contribution in [3.8, 4) is 11.5 Å². The molecule has 8 heteroatoms. The van der Waals surface area contributed by atoms with Crippen molar-refractivity contribution in [3.63, 3.8) is 0 Å². The number of thiazole rings is 1. The lowest BCUT2D eigenvalue weighted by Crippen LogP contribution is -2.23. The molecule has 6 nitrogen and oxygen atoms in total. The van der Waals surface area contributed by atoms with Gasteiger partial charge >= 0.3 is 0 Å². The Kier molecular flexibility index (Phi) is 5.55. The normalized spacial score (nSPS) is 12.1. The van der Waals surface area contributed by atoms with E-state index >= 15 is 0 Å². The van der Waals surface area contributed by atoms with Crippen molar-refractivity contribution in [2.45, 2.75) is 0 Å². The van der Waals surface area contributed by atoms with Crippen LogP contribution >= 0.6 is 22.7 Å². The Morgan fingerprint density at radius 1 is 1.24 bits per heavy atom. The first-order chi connectivity index (χ1) is 14.2. The molecule has 0 bridgehead atoms. The van der Waals surface area contributed by atoms with Crippen LogP contribution in [0.5, 0.6) is 11.5 Å². The van der Waals surface area contributed by atoms with Crippen molar-refractivity contribution in [2.75, 3.05) is 13.7 Å². The minimum atomic E-state index is -0.195. The Labute approximate surface area is 174 Å². The van der Waals surface area contributed by atoms with Crippen LogP contribution in [0.25, 0.3) is 23.2 Å². The van der Waals surface area contributed by atoms with E-state index in [2.05, 4.69) is 16.7 Å². The maximum Gasteiger partial charge on any atom is 0.291 e. The number of methoxy groups -OCH3 is 1. The van der Waals surface area contributed by atoms with Crippen molar-refractivity contribution in [1.29, 1.82) is 0 Å². The molecule has 0 amide bonds.